The minimum absolute atomic E-state index is 0.391. The Labute approximate surface area is 89.7 Å². The van der Waals surface area contributed by atoms with Crippen molar-refractivity contribution in [2.24, 2.45) is 0 Å². The van der Waals surface area contributed by atoms with Gasteiger partial charge in [-0.1, -0.05) is 0 Å². The Morgan fingerprint density at radius 3 is 3.27 bits per heavy atom. The van der Waals surface area contributed by atoms with Crippen LogP contribution in [0.15, 0.2) is 18.2 Å². The number of nitrogens with zero attached hydrogens (tertiary/aromatic N) is 1. The number of rotatable bonds is 0. The highest BCUT2D eigenvalue weighted by atomic mass is 16.3. The van der Waals surface area contributed by atoms with Gasteiger partial charge in [-0.25, -0.2) is 0 Å². The standard InChI is InChI=1S/C12H16N2O/c15-11-3-4-12-9(7-11)1-2-10-8-13-5-6-14(10)12/h3-4,7,10,13,15H,1-2,5-6,8H2. The number of hydrogen-bond acceptors (Lipinski definition) is 3. The lowest BCUT2D eigenvalue weighted by atomic mass is 9.94. The number of piperazine rings is 1. The maximum absolute atomic E-state index is 9.45. The van der Waals surface area contributed by atoms with Crippen LogP contribution in [0.4, 0.5) is 5.69 Å². The monoisotopic (exact) mass is 204 g/mol. The fourth-order valence-electron chi connectivity index (χ4n) is 2.71. The molecule has 1 atom stereocenters. The molecule has 2 N–H and O–H groups in total. The van der Waals surface area contributed by atoms with Crippen LogP contribution in [0.5, 0.6) is 5.75 Å². The zero-order chi connectivity index (χ0) is 10.3. The maximum atomic E-state index is 9.45. The minimum atomic E-state index is 0.391. The molecule has 0 aromatic heterocycles. The average Bonchev–Trinajstić information content (AvgIpc) is 2.28. The molecule has 0 spiro atoms. The number of nitrogens with one attached hydrogen (secondary N) is 1. The molecule has 2 heterocycles. The Kier molecular flexibility index (Phi) is 2.06. The van der Waals surface area contributed by atoms with Crippen molar-refractivity contribution in [3.63, 3.8) is 0 Å². The first-order valence-electron chi connectivity index (χ1n) is 5.64. The highest BCUT2D eigenvalue weighted by molar-refractivity contribution is 5.59. The lowest BCUT2D eigenvalue weighted by molar-refractivity contribution is 0.436. The average molecular weight is 204 g/mol. The van der Waals surface area contributed by atoms with Crippen molar-refractivity contribution in [2.45, 2.75) is 18.9 Å². The second-order valence-corrected chi connectivity index (χ2v) is 4.40. The molecule has 0 radical (unpaired) electrons. The number of aryl methyl sites for hydroxylation is 1. The van der Waals surface area contributed by atoms with Gasteiger partial charge in [0.25, 0.3) is 0 Å². The molecule has 1 aromatic carbocycles. The molecular formula is C12H16N2O. The molecule has 0 saturated carbocycles. The van der Waals surface area contributed by atoms with Crippen LogP contribution >= 0.6 is 0 Å². The smallest absolute Gasteiger partial charge is 0.116 e. The quantitative estimate of drug-likeness (QED) is 0.664. The lowest BCUT2D eigenvalue weighted by Crippen LogP contribution is -2.53. The van der Waals surface area contributed by atoms with E-state index in [9.17, 15) is 5.11 Å². The topological polar surface area (TPSA) is 35.5 Å². The second kappa shape index (κ2) is 3.42. The summed E-state index contributed by atoms with van der Waals surface area (Å²) in [4.78, 5) is 2.48. The molecule has 2 aliphatic rings. The first-order chi connectivity index (χ1) is 7.34. The summed E-state index contributed by atoms with van der Waals surface area (Å²) in [5.41, 5.74) is 2.62. The number of aromatic hydroxyl groups is 1. The number of benzene rings is 1. The number of hydrogen-bond donors (Lipinski definition) is 2. The van der Waals surface area contributed by atoms with Crippen LogP contribution in [-0.2, 0) is 6.42 Å². The Balaban J connectivity index is 1.99. The zero-order valence-corrected chi connectivity index (χ0v) is 8.74. The van der Waals surface area contributed by atoms with Crippen LogP contribution in [0, 0.1) is 0 Å². The molecule has 3 rings (SSSR count). The summed E-state index contributed by atoms with van der Waals surface area (Å²) in [6.45, 7) is 3.25. The highest BCUT2D eigenvalue weighted by Gasteiger charge is 2.27. The summed E-state index contributed by atoms with van der Waals surface area (Å²) < 4.78 is 0. The minimum Gasteiger partial charge on any atom is -0.508 e. The van der Waals surface area contributed by atoms with E-state index in [1.165, 1.54) is 17.7 Å². The number of anilines is 1. The van der Waals surface area contributed by atoms with Crippen LogP contribution < -0.4 is 10.2 Å². The SMILES string of the molecule is Oc1ccc2c(c1)CCC1CNCCN21. The molecule has 0 bridgehead atoms. The molecule has 1 aromatic rings. The summed E-state index contributed by atoms with van der Waals surface area (Å²) in [5.74, 6) is 0.391. The molecule has 1 saturated heterocycles. The highest BCUT2D eigenvalue weighted by Crippen LogP contribution is 2.33. The molecule has 3 heteroatoms. The Bertz CT molecular complexity index is 378. The largest absolute Gasteiger partial charge is 0.508 e. The fraction of sp³-hybridized carbons (Fsp3) is 0.500. The van der Waals surface area contributed by atoms with E-state index < -0.39 is 0 Å². The second-order valence-electron chi connectivity index (χ2n) is 4.40. The first-order valence-corrected chi connectivity index (χ1v) is 5.64. The number of fused-ring (bicyclic) bond motifs is 3. The van der Waals surface area contributed by atoms with Gasteiger partial charge in [0.1, 0.15) is 5.75 Å². The summed E-state index contributed by atoms with van der Waals surface area (Å²) >= 11 is 0. The molecule has 80 valence electrons. The van der Waals surface area contributed by atoms with E-state index in [0.717, 1.165) is 26.1 Å². The third-order valence-electron chi connectivity index (χ3n) is 3.47. The van der Waals surface area contributed by atoms with Crippen molar-refractivity contribution in [3.8, 4) is 5.75 Å². The van der Waals surface area contributed by atoms with Gasteiger partial charge < -0.3 is 15.3 Å². The van der Waals surface area contributed by atoms with Gasteiger partial charge in [-0.05, 0) is 36.6 Å². The van der Waals surface area contributed by atoms with Crippen molar-refractivity contribution >= 4 is 5.69 Å². The summed E-state index contributed by atoms with van der Waals surface area (Å²) in [6, 6.07) is 6.41. The van der Waals surface area contributed by atoms with E-state index in [-0.39, 0.29) is 0 Å². The van der Waals surface area contributed by atoms with Gasteiger partial charge in [0.05, 0.1) is 0 Å². The number of phenols is 1. The summed E-state index contributed by atoms with van der Waals surface area (Å²) in [6.07, 6.45) is 2.29. The van der Waals surface area contributed by atoms with E-state index in [4.69, 9.17) is 0 Å². The summed E-state index contributed by atoms with van der Waals surface area (Å²) in [5, 5.41) is 12.9. The third kappa shape index (κ3) is 1.47. The Morgan fingerprint density at radius 1 is 1.40 bits per heavy atom. The van der Waals surface area contributed by atoms with Crippen molar-refractivity contribution in [3.05, 3.63) is 23.8 Å². The van der Waals surface area contributed by atoms with Crippen LogP contribution in [0.1, 0.15) is 12.0 Å². The molecular weight excluding hydrogens is 188 g/mol. The Hall–Kier alpha value is -1.22. The van der Waals surface area contributed by atoms with Gasteiger partial charge in [0.15, 0.2) is 0 Å². The van der Waals surface area contributed by atoms with Gasteiger partial charge in [-0.15, -0.1) is 0 Å². The van der Waals surface area contributed by atoms with Crippen LogP contribution in [0.2, 0.25) is 0 Å². The predicted octanol–water partition coefficient (Wildman–Crippen LogP) is 1.12. The molecule has 0 amide bonds. The van der Waals surface area contributed by atoms with E-state index in [1.54, 1.807) is 6.07 Å². The van der Waals surface area contributed by atoms with Crippen molar-refractivity contribution in [1.82, 2.24) is 5.32 Å². The van der Waals surface area contributed by atoms with Crippen molar-refractivity contribution in [2.75, 3.05) is 24.5 Å². The Morgan fingerprint density at radius 2 is 2.33 bits per heavy atom. The molecule has 2 aliphatic heterocycles. The molecule has 1 fully saturated rings. The van der Waals surface area contributed by atoms with E-state index in [1.807, 2.05) is 6.07 Å². The maximum Gasteiger partial charge on any atom is 0.116 e. The van der Waals surface area contributed by atoms with Gasteiger partial charge >= 0.3 is 0 Å². The van der Waals surface area contributed by atoms with Crippen LogP contribution in [-0.4, -0.2) is 30.8 Å². The predicted molar refractivity (Wildman–Crippen MR) is 60.4 cm³/mol. The van der Waals surface area contributed by atoms with Gasteiger partial charge in [0, 0.05) is 31.4 Å². The number of phenolic OH excluding ortho intramolecular Hbond substituents is 1. The third-order valence-corrected chi connectivity index (χ3v) is 3.47. The molecule has 3 nitrogen and oxygen atoms in total. The van der Waals surface area contributed by atoms with E-state index >= 15 is 0 Å². The van der Waals surface area contributed by atoms with Crippen LogP contribution in [0.3, 0.4) is 0 Å². The normalized spacial score (nSPS) is 24.5. The van der Waals surface area contributed by atoms with Crippen molar-refractivity contribution < 1.29 is 5.11 Å². The fourth-order valence-corrected chi connectivity index (χ4v) is 2.71. The van der Waals surface area contributed by atoms with Crippen molar-refractivity contribution in [1.29, 1.82) is 0 Å². The lowest BCUT2D eigenvalue weighted by Gasteiger charge is -2.42. The van der Waals surface area contributed by atoms with Gasteiger partial charge in [-0.3, -0.25) is 0 Å². The molecule has 0 aliphatic carbocycles. The van der Waals surface area contributed by atoms with Crippen LogP contribution in [0.25, 0.3) is 0 Å². The molecule has 1 unspecified atom stereocenters. The molecule has 15 heavy (non-hydrogen) atoms. The summed E-state index contributed by atoms with van der Waals surface area (Å²) in [7, 11) is 0. The van der Waals surface area contributed by atoms with Gasteiger partial charge in [-0.2, -0.15) is 0 Å². The first kappa shape index (κ1) is 9.04. The zero-order valence-electron chi connectivity index (χ0n) is 8.74. The van der Waals surface area contributed by atoms with E-state index in [0.29, 0.717) is 11.8 Å². The van der Waals surface area contributed by atoms with E-state index in [2.05, 4.69) is 16.3 Å². The van der Waals surface area contributed by atoms with Gasteiger partial charge in [0.2, 0.25) is 0 Å².